The number of nitrogens with zero attached hydrogens (tertiary/aromatic N) is 1. The molecule has 1 aromatic carbocycles. The molecule has 0 radical (unpaired) electrons. The third-order valence-electron chi connectivity index (χ3n) is 3.57. The van der Waals surface area contributed by atoms with E-state index in [1.807, 2.05) is 57.1 Å². The fourth-order valence-electron chi connectivity index (χ4n) is 2.14. The molecule has 22 heavy (non-hydrogen) atoms. The molecule has 1 saturated heterocycles. The van der Waals surface area contributed by atoms with Gasteiger partial charge in [0, 0.05) is 31.3 Å². The Hall–Kier alpha value is -2.30. The van der Waals surface area contributed by atoms with Crippen molar-refractivity contribution in [2.24, 2.45) is 5.41 Å². The van der Waals surface area contributed by atoms with Gasteiger partial charge in [0.25, 0.3) is 0 Å². The Morgan fingerprint density at radius 3 is 2.45 bits per heavy atom. The lowest BCUT2D eigenvalue weighted by Crippen LogP contribution is -2.34. The third kappa shape index (κ3) is 3.67. The van der Waals surface area contributed by atoms with Crippen LogP contribution in [0.3, 0.4) is 0 Å². The van der Waals surface area contributed by atoms with Crippen molar-refractivity contribution in [2.45, 2.75) is 20.0 Å². The van der Waals surface area contributed by atoms with Crippen LogP contribution >= 0.6 is 0 Å². The molecule has 0 bridgehead atoms. The molecular formula is C17H21NO4. The summed E-state index contributed by atoms with van der Waals surface area (Å²) >= 11 is 0. The Labute approximate surface area is 130 Å². The van der Waals surface area contributed by atoms with Crippen molar-refractivity contribution in [1.29, 1.82) is 0 Å². The zero-order valence-corrected chi connectivity index (χ0v) is 13.3. The van der Waals surface area contributed by atoms with Crippen LogP contribution in [0.15, 0.2) is 30.3 Å². The van der Waals surface area contributed by atoms with Gasteiger partial charge in [0.15, 0.2) is 0 Å². The summed E-state index contributed by atoms with van der Waals surface area (Å²) in [7, 11) is 3.93. The van der Waals surface area contributed by atoms with Gasteiger partial charge in [-0.3, -0.25) is 0 Å². The van der Waals surface area contributed by atoms with E-state index in [0.29, 0.717) is 0 Å². The molecule has 1 aromatic rings. The quantitative estimate of drug-likeness (QED) is 0.631. The maximum atomic E-state index is 11.9. The highest BCUT2D eigenvalue weighted by molar-refractivity contribution is 5.90. The summed E-state index contributed by atoms with van der Waals surface area (Å²) < 4.78 is 10.1. The maximum Gasteiger partial charge on any atom is 0.348 e. The smallest absolute Gasteiger partial charge is 0.348 e. The van der Waals surface area contributed by atoms with Crippen LogP contribution < -0.4 is 4.90 Å². The van der Waals surface area contributed by atoms with E-state index in [1.54, 1.807) is 6.08 Å². The van der Waals surface area contributed by atoms with Crippen LogP contribution in [0.5, 0.6) is 0 Å². The summed E-state index contributed by atoms with van der Waals surface area (Å²) in [5, 5.41) is 0. The van der Waals surface area contributed by atoms with E-state index in [0.717, 1.165) is 11.3 Å². The SMILES string of the molecule is CN(C)c1ccc(/C=C/C(=O)O[C@@H]2C(=O)OCC2(C)C)cc1. The molecule has 0 aliphatic carbocycles. The van der Waals surface area contributed by atoms with Crippen LogP contribution in [0.4, 0.5) is 5.69 Å². The third-order valence-corrected chi connectivity index (χ3v) is 3.57. The molecule has 0 saturated carbocycles. The van der Waals surface area contributed by atoms with E-state index in [9.17, 15) is 9.59 Å². The van der Waals surface area contributed by atoms with E-state index in [1.165, 1.54) is 6.08 Å². The van der Waals surface area contributed by atoms with Gasteiger partial charge in [-0.2, -0.15) is 0 Å². The van der Waals surface area contributed by atoms with E-state index in [4.69, 9.17) is 9.47 Å². The molecule has 0 amide bonds. The normalized spacial score (nSPS) is 20.0. The van der Waals surface area contributed by atoms with Gasteiger partial charge < -0.3 is 14.4 Å². The van der Waals surface area contributed by atoms with Gasteiger partial charge in [-0.1, -0.05) is 26.0 Å². The molecule has 0 unspecified atom stereocenters. The molecular weight excluding hydrogens is 282 g/mol. The van der Waals surface area contributed by atoms with Gasteiger partial charge in [-0.05, 0) is 23.8 Å². The van der Waals surface area contributed by atoms with Crippen LogP contribution in [0, 0.1) is 5.41 Å². The second-order valence-electron chi connectivity index (χ2n) is 6.23. The number of anilines is 1. The second-order valence-corrected chi connectivity index (χ2v) is 6.23. The first-order chi connectivity index (χ1) is 10.3. The lowest BCUT2D eigenvalue weighted by atomic mass is 9.90. The summed E-state index contributed by atoms with van der Waals surface area (Å²) in [6.45, 7) is 3.93. The first kappa shape index (κ1) is 16.1. The molecule has 0 spiro atoms. The Balaban J connectivity index is 1.98. The Morgan fingerprint density at radius 2 is 1.95 bits per heavy atom. The number of ether oxygens (including phenoxy) is 2. The van der Waals surface area contributed by atoms with Crippen molar-refractivity contribution in [3.05, 3.63) is 35.9 Å². The predicted molar refractivity (Wildman–Crippen MR) is 84.4 cm³/mol. The molecule has 5 nitrogen and oxygen atoms in total. The average Bonchev–Trinajstić information content (AvgIpc) is 2.72. The Kier molecular flexibility index (Phi) is 4.54. The second kappa shape index (κ2) is 6.22. The van der Waals surface area contributed by atoms with Crippen molar-refractivity contribution in [2.75, 3.05) is 25.6 Å². The molecule has 118 valence electrons. The summed E-state index contributed by atoms with van der Waals surface area (Å²) in [6, 6.07) is 7.74. The van der Waals surface area contributed by atoms with Crippen LogP contribution in [0.2, 0.25) is 0 Å². The molecule has 1 fully saturated rings. The number of rotatable bonds is 4. The number of carbonyl (C=O) groups excluding carboxylic acids is 2. The average molecular weight is 303 g/mol. The number of hydrogen-bond acceptors (Lipinski definition) is 5. The lowest BCUT2D eigenvalue weighted by molar-refractivity contribution is -0.159. The standard InChI is InChI=1S/C17H21NO4/c1-17(2)11-21-16(20)15(17)22-14(19)10-7-12-5-8-13(9-6-12)18(3)4/h5-10,15H,11H2,1-4H3/b10-7+/t15-/m1/s1. The zero-order valence-electron chi connectivity index (χ0n) is 13.3. The van der Waals surface area contributed by atoms with Crippen LogP contribution in [-0.4, -0.2) is 38.7 Å². The Bertz CT molecular complexity index is 587. The van der Waals surface area contributed by atoms with Gasteiger partial charge in [0.2, 0.25) is 6.10 Å². The molecule has 1 atom stereocenters. The highest BCUT2D eigenvalue weighted by Gasteiger charge is 2.46. The van der Waals surface area contributed by atoms with E-state index in [2.05, 4.69) is 0 Å². The maximum absolute atomic E-state index is 11.9. The zero-order chi connectivity index (χ0) is 16.3. The molecule has 0 N–H and O–H groups in total. The fraction of sp³-hybridized carbons (Fsp3) is 0.412. The minimum Gasteiger partial charge on any atom is -0.462 e. The van der Waals surface area contributed by atoms with E-state index >= 15 is 0 Å². The highest BCUT2D eigenvalue weighted by atomic mass is 16.6. The molecule has 0 aromatic heterocycles. The van der Waals surface area contributed by atoms with Crippen molar-refractivity contribution < 1.29 is 19.1 Å². The minimum atomic E-state index is -0.847. The summed E-state index contributed by atoms with van der Waals surface area (Å²) in [5.74, 6) is -1.03. The van der Waals surface area contributed by atoms with Gasteiger partial charge >= 0.3 is 11.9 Å². The highest BCUT2D eigenvalue weighted by Crippen LogP contribution is 2.31. The predicted octanol–water partition coefficient (Wildman–Crippen LogP) is 2.26. The van der Waals surface area contributed by atoms with Crippen LogP contribution in [0.25, 0.3) is 6.08 Å². The summed E-state index contributed by atoms with van der Waals surface area (Å²) in [4.78, 5) is 25.4. The van der Waals surface area contributed by atoms with Gasteiger partial charge in [-0.15, -0.1) is 0 Å². The number of carbonyl (C=O) groups is 2. The number of hydrogen-bond donors (Lipinski definition) is 0. The largest absolute Gasteiger partial charge is 0.462 e. The first-order valence-corrected chi connectivity index (χ1v) is 7.12. The molecule has 1 aliphatic heterocycles. The topological polar surface area (TPSA) is 55.8 Å². The molecule has 1 aliphatic rings. The monoisotopic (exact) mass is 303 g/mol. The Morgan fingerprint density at radius 1 is 1.32 bits per heavy atom. The van der Waals surface area contributed by atoms with E-state index < -0.39 is 23.5 Å². The van der Waals surface area contributed by atoms with Crippen LogP contribution in [0.1, 0.15) is 19.4 Å². The minimum absolute atomic E-state index is 0.263. The van der Waals surface area contributed by atoms with Crippen molar-refractivity contribution in [1.82, 2.24) is 0 Å². The summed E-state index contributed by atoms with van der Waals surface area (Å²) in [6.07, 6.45) is 2.14. The van der Waals surface area contributed by atoms with Crippen molar-refractivity contribution in [3.8, 4) is 0 Å². The van der Waals surface area contributed by atoms with Gasteiger partial charge in [0.1, 0.15) is 6.61 Å². The van der Waals surface area contributed by atoms with E-state index in [-0.39, 0.29) is 6.61 Å². The molecule has 2 rings (SSSR count). The first-order valence-electron chi connectivity index (χ1n) is 7.12. The van der Waals surface area contributed by atoms with Crippen molar-refractivity contribution >= 4 is 23.7 Å². The van der Waals surface area contributed by atoms with Crippen molar-refractivity contribution in [3.63, 3.8) is 0 Å². The van der Waals surface area contributed by atoms with Gasteiger partial charge in [-0.25, -0.2) is 9.59 Å². The molecule has 5 heteroatoms. The fourth-order valence-corrected chi connectivity index (χ4v) is 2.14. The summed E-state index contributed by atoms with van der Waals surface area (Å²) in [5.41, 5.74) is 1.47. The van der Waals surface area contributed by atoms with Crippen LogP contribution in [-0.2, 0) is 19.1 Å². The number of benzene rings is 1. The molecule has 1 heterocycles. The van der Waals surface area contributed by atoms with Gasteiger partial charge in [0.05, 0.1) is 0 Å². The number of esters is 2. The number of cyclic esters (lactones) is 1. The lowest BCUT2D eigenvalue weighted by Gasteiger charge is -2.20.